The van der Waals surface area contributed by atoms with Crippen LogP contribution in [0.2, 0.25) is 5.02 Å². The Kier molecular flexibility index (Phi) is 6.36. The maximum Gasteiger partial charge on any atom is 0.300 e. The molecule has 1 fully saturated rings. The van der Waals surface area contributed by atoms with Gasteiger partial charge < -0.3 is 19.7 Å². The van der Waals surface area contributed by atoms with Crippen molar-refractivity contribution >= 4 is 34.7 Å². The fraction of sp³-hybridized carbons (Fsp3) is 0.115. The van der Waals surface area contributed by atoms with Crippen molar-refractivity contribution < 1.29 is 29.3 Å². The van der Waals surface area contributed by atoms with Crippen molar-refractivity contribution in [2.24, 2.45) is 0 Å². The minimum atomic E-state index is -1.03. The second-order valence-corrected chi connectivity index (χ2v) is 8.01. The van der Waals surface area contributed by atoms with Crippen molar-refractivity contribution in [1.29, 1.82) is 5.26 Å². The molecule has 3 aromatic carbocycles. The number of phenolic OH excluding ortho intramolecular Hbond substituents is 1. The monoisotopic (exact) mass is 490 g/mol. The van der Waals surface area contributed by atoms with E-state index < -0.39 is 23.5 Å². The molecule has 1 amide bonds. The number of hydrogen-bond donors (Lipinski definition) is 2. The van der Waals surface area contributed by atoms with Gasteiger partial charge in [0.2, 0.25) is 0 Å². The number of methoxy groups -OCH3 is 2. The zero-order valence-electron chi connectivity index (χ0n) is 18.7. The number of aromatic hydroxyl groups is 1. The van der Waals surface area contributed by atoms with Gasteiger partial charge in [-0.05, 0) is 48.0 Å². The lowest BCUT2D eigenvalue weighted by Gasteiger charge is -2.25. The molecule has 1 saturated heterocycles. The van der Waals surface area contributed by atoms with Crippen molar-refractivity contribution in [1.82, 2.24) is 0 Å². The number of carbonyl (C=O) groups is 2. The van der Waals surface area contributed by atoms with E-state index in [-0.39, 0.29) is 33.4 Å². The van der Waals surface area contributed by atoms with Gasteiger partial charge in [0.15, 0.2) is 0 Å². The van der Waals surface area contributed by atoms with Crippen molar-refractivity contribution in [3.8, 4) is 23.3 Å². The topological polar surface area (TPSA) is 120 Å². The molecule has 1 atom stereocenters. The normalized spacial score (nSPS) is 16.7. The number of halogens is 1. The van der Waals surface area contributed by atoms with E-state index in [1.54, 1.807) is 24.3 Å². The molecule has 0 bridgehead atoms. The Morgan fingerprint density at radius 1 is 1.00 bits per heavy atom. The SMILES string of the molecule is COc1cc(/C(O)=C2\C(=O)C(=O)N(c3ccc(C#N)cc3)C2c2ccc(O)cc2)c(OC)cc1Cl. The predicted molar refractivity (Wildman–Crippen MR) is 129 cm³/mol. The third-order valence-corrected chi connectivity index (χ3v) is 5.95. The molecule has 3 aromatic rings. The average Bonchev–Trinajstić information content (AvgIpc) is 3.14. The number of hydrogen-bond acceptors (Lipinski definition) is 7. The second kappa shape index (κ2) is 9.41. The summed E-state index contributed by atoms with van der Waals surface area (Å²) in [7, 11) is 2.78. The first-order valence-electron chi connectivity index (χ1n) is 10.3. The molecule has 35 heavy (non-hydrogen) atoms. The molecule has 1 heterocycles. The number of amides is 1. The summed E-state index contributed by atoms with van der Waals surface area (Å²) < 4.78 is 10.6. The number of aliphatic hydroxyl groups excluding tert-OH is 1. The van der Waals surface area contributed by atoms with Crippen LogP contribution in [0.3, 0.4) is 0 Å². The first-order valence-corrected chi connectivity index (χ1v) is 10.7. The van der Waals surface area contributed by atoms with Crippen LogP contribution in [0, 0.1) is 11.3 Å². The number of Topliss-reactive ketones (excluding diaryl/α,β-unsaturated/α-hetero) is 1. The average molecular weight is 491 g/mol. The van der Waals surface area contributed by atoms with Crippen LogP contribution in [0.5, 0.6) is 17.2 Å². The highest BCUT2D eigenvalue weighted by Gasteiger charge is 2.47. The van der Waals surface area contributed by atoms with Crippen molar-refractivity contribution in [3.63, 3.8) is 0 Å². The van der Waals surface area contributed by atoms with Crippen LogP contribution in [0.25, 0.3) is 5.76 Å². The number of nitrogens with zero attached hydrogens (tertiary/aromatic N) is 2. The zero-order chi connectivity index (χ0) is 25.3. The molecule has 4 rings (SSSR count). The number of carbonyl (C=O) groups excluding carboxylic acids is 2. The van der Waals surface area contributed by atoms with E-state index in [2.05, 4.69) is 0 Å². The molecule has 1 aliphatic heterocycles. The summed E-state index contributed by atoms with van der Waals surface area (Å²) in [5, 5.41) is 30.5. The van der Waals surface area contributed by atoms with E-state index >= 15 is 0 Å². The number of ether oxygens (including phenoxy) is 2. The third kappa shape index (κ3) is 4.14. The lowest BCUT2D eigenvalue weighted by Crippen LogP contribution is -2.29. The molecular weight excluding hydrogens is 472 g/mol. The largest absolute Gasteiger partial charge is 0.508 e. The number of nitriles is 1. The lowest BCUT2D eigenvalue weighted by molar-refractivity contribution is -0.132. The summed E-state index contributed by atoms with van der Waals surface area (Å²) in [6, 6.07) is 15.9. The quantitative estimate of drug-likeness (QED) is 0.305. The van der Waals surface area contributed by atoms with Crippen molar-refractivity contribution in [2.75, 3.05) is 19.1 Å². The Balaban J connectivity index is 1.98. The van der Waals surface area contributed by atoms with Crippen LogP contribution >= 0.6 is 11.6 Å². The summed E-state index contributed by atoms with van der Waals surface area (Å²) in [5.41, 5.74) is 1.12. The highest BCUT2D eigenvalue weighted by Crippen LogP contribution is 2.45. The first-order chi connectivity index (χ1) is 16.8. The third-order valence-electron chi connectivity index (χ3n) is 5.66. The molecular formula is C26H19ClN2O6. The number of benzene rings is 3. The Morgan fingerprint density at radius 3 is 2.20 bits per heavy atom. The Labute approximate surface area is 205 Å². The number of phenols is 1. The molecule has 0 saturated carbocycles. The molecule has 0 aromatic heterocycles. The second-order valence-electron chi connectivity index (χ2n) is 7.61. The van der Waals surface area contributed by atoms with Crippen molar-refractivity contribution in [3.05, 3.63) is 87.9 Å². The first kappa shape index (κ1) is 23.7. The van der Waals surface area contributed by atoms with Crippen LogP contribution in [-0.2, 0) is 9.59 Å². The summed E-state index contributed by atoms with van der Waals surface area (Å²) in [6.07, 6.45) is 0. The standard InChI is InChI=1S/C26H19ClN2O6/c1-34-20-12-19(27)21(35-2)11-18(20)24(31)22-23(15-5-9-17(30)10-6-15)29(26(33)25(22)32)16-7-3-14(13-28)4-8-16/h3-12,23,30-31H,1-2H3/b24-22+. The molecule has 8 nitrogen and oxygen atoms in total. The van der Waals surface area contributed by atoms with E-state index in [1.807, 2.05) is 6.07 Å². The van der Waals surface area contributed by atoms with Gasteiger partial charge in [-0.2, -0.15) is 5.26 Å². The number of rotatable bonds is 5. The van der Waals surface area contributed by atoms with Gasteiger partial charge in [0, 0.05) is 11.8 Å². The minimum Gasteiger partial charge on any atom is -0.508 e. The van der Waals surface area contributed by atoms with Gasteiger partial charge in [-0.1, -0.05) is 23.7 Å². The van der Waals surface area contributed by atoms with Gasteiger partial charge in [-0.3, -0.25) is 14.5 Å². The molecule has 1 unspecified atom stereocenters. The van der Waals surface area contributed by atoms with E-state index in [4.69, 9.17) is 26.3 Å². The van der Waals surface area contributed by atoms with Gasteiger partial charge in [0.05, 0.1) is 48.1 Å². The van der Waals surface area contributed by atoms with Gasteiger partial charge in [0.1, 0.15) is 23.0 Å². The zero-order valence-corrected chi connectivity index (χ0v) is 19.4. The van der Waals surface area contributed by atoms with Crippen LogP contribution in [0.4, 0.5) is 5.69 Å². The van der Waals surface area contributed by atoms with Crippen molar-refractivity contribution in [2.45, 2.75) is 6.04 Å². The van der Waals surface area contributed by atoms with Crippen LogP contribution in [-0.4, -0.2) is 36.1 Å². The summed E-state index contributed by atoms with van der Waals surface area (Å²) >= 11 is 6.19. The fourth-order valence-corrected chi connectivity index (χ4v) is 4.19. The highest BCUT2D eigenvalue weighted by atomic mass is 35.5. The highest BCUT2D eigenvalue weighted by molar-refractivity contribution is 6.51. The minimum absolute atomic E-state index is 0.00631. The van der Waals surface area contributed by atoms with E-state index in [9.17, 15) is 19.8 Å². The Hall–Kier alpha value is -4.48. The molecule has 2 N–H and O–H groups in total. The van der Waals surface area contributed by atoms with E-state index in [0.29, 0.717) is 16.8 Å². The van der Waals surface area contributed by atoms with Gasteiger partial charge in [0.25, 0.3) is 11.7 Å². The lowest BCUT2D eigenvalue weighted by atomic mass is 9.94. The predicted octanol–water partition coefficient (Wildman–Crippen LogP) is 4.56. The van der Waals surface area contributed by atoms with E-state index in [0.717, 1.165) is 0 Å². The van der Waals surface area contributed by atoms with Gasteiger partial charge in [-0.15, -0.1) is 0 Å². The van der Waals surface area contributed by atoms with Gasteiger partial charge in [-0.25, -0.2) is 0 Å². The number of aliphatic hydroxyl groups is 1. The maximum atomic E-state index is 13.3. The maximum absolute atomic E-state index is 13.3. The van der Waals surface area contributed by atoms with Crippen LogP contribution in [0.15, 0.2) is 66.2 Å². The van der Waals surface area contributed by atoms with E-state index in [1.165, 1.54) is 55.5 Å². The molecule has 0 radical (unpaired) electrons. The summed E-state index contributed by atoms with van der Waals surface area (Å²) in [5.74, 6) is -1.87. The van der Waals surface area contributed by atoms with Gasteiger partial charge >= 0.3 is 0 Å². The smallest absolute Gasteiger partial charge is 0.300 e. The molecule has 0 spiro atoms. The van der Waals surface area contributed by atoms with Crippen LogP contribution < -0.4 is 14.4 Å². The molecule has 1 aliphatic rings. The Morgan fingerprint density at radius 2 is 1.63 bits per heavy atom. The molecule has 0 aliphatic carbocycles. The van der Waals surface area contributed by atoms with Crippen LogP contribution in [0.1, 0.15) is 22.7 Å². The number of anilines is 1. The fourth-order valence-electron chi connectivity index (χ4n) is 3.96. The number of ketones is 1. The molecule has 9 heteroatoms. The summed E-state index contributed by atoms with van der Waals surface area (Å²) in [6.45, 7) is 0. The summed E-state index contributed by atoms with van der Waals surface area (Å²) in [4.78, 5) is 27.8. The Bertz CT molecular complexity index is 1390. The molecule has 176 valence electrons.